The maximum atomic E-state index is 12.1. The van der Waals surface area contributed by atoms with Gasteiger partial charge in [-0.15, -0.1) is 11.8 Å². The number of rotatable bonds is 12. The lowest BCUT2D eigenvalue weighted by Crippen LogP contribution is -2.40. The molecule has 0 saturated carbocycles. The molecular weight excluding hydrogens is 436 g/mol. The number of hydrogen-bond donors (Lipinski definition) is 2. The number of nitrogens with one attached hydrogen (secondary N) is 2. The Hall–Kier alpha value is -3.05. The fraction of sp³-hybridized carbons (Fsp3) is 0.440. The number of benzene rings is 1. The number of hydrogen-bond acceptors (Lipinski definition) is 6. The SMILES string of the molecule is CCOC(=O)c1ccc(/N=C/NC(=O)NCC(C)(C)CC=CC/C=C(\C)CC#N)c(SC)c1. The highest BCUT2D eigenvalue weighted by Gasteiger charge is 2.17. The molecule has 8 heteroatoms. The van der Waals surface area contributed by atoms with Crippen molar-refractivity contribution in [3.63, 3.8) is 0 Å². The molecule has 0 aliphatic heterocycles. The molecular formula is C25H34N4O3S. The minimum atomic E-state index is -0.371. The van der Waals surface area contributed by atoms with Crippen LogP contribution in [0.3, 0.4) is 0 Å². The van der Waals surface area contributed by atoms with Crippen LogP contribution in [0.5, 0.6) is 0 Å². The zero-order chi connectivity index (χ0) is 24.7. The van der Waals surface area contributed by atoms with Gasteiger partial charge in [-0.25, -0.2) is 14.6 Å². The Balaban J connectivity index is 2.52. The number of nitriles is 1. The van der Waals surface area contributed by atoms with Gasteiger partial charge in [0.05, 0.1) is 36.7 Å². The van der Waals surface area contributed by atoms with E-state index >= 15 is 0 Å². The number of urea groups is 1. The van der Waals surface area contributed by atoms with Gasteiger partial charge >= 0.3 is 12.0 Å². The van der Waals surface area contributed by atoms with Crippen molar-refractivity contribution in [2.75, 3.05) is 19.4 Å². The molecule has 0 aromatic heterocycles. The summed E-state index contributed by atoms with van der Waals surface area (Å²) in [4.78, 5) is 29.1. The molecule has 7 nitrogen and oxygen atoms in total. The van der Waals surface area contributed by atoms with Crippen LogP contribution in [-0.2, 0) is 4.74 Å². The monoisotopic (exact) mass is 470 g/mol. The van der Waals surface area contributed by atoms with Gasteiger partial charge < -0.3 is 10.1 Å². The molecule has 0 atom stereocenters. The number of nitrogens with zero attached hydrogens (tertiary/aromatic N) is 2. The summed E-state index contributed by atoms with van der Waals surface area (Å²) in [7, 11) is 0. The van der Waals surface area contributed by atoms with E-state index in [1.165, 1.54) is 18.1 Å². The third-order valence-electron chi connectivity index (χ3n) is 4.62. The van der Waals surface area contributed by atoms with Crippen LogP contribution in [0.1, 0.15) is 57.3 Å². The van der Waals surface area contributed by atoms with Crippen molar-refractivity contribution in [2.45, 2.75) is 51.9 Å². The van der Waals surface area contributed by atoms with E-state index in [0.717, 1.165) is 23.3 Å². The topological polar surface area (TPSA) is 104 Å². The summed E-state index contributed by atoms with van der Waals surface area (Å²) >= 11 is 1.46. The Morgan fingerprint density at radius 3 is 2.73 bits per heavy atom. The van der Waals surface area contributed by atoms with E-state index in [0.29, 0.717) is 30.8 Å². The van der Waals surface area contributed by atoms with Crippen LogP contribution in [0, 0.1) is 16.7 Å². The molecule has 0 fully saturated rings. The molecule has 178 valence electrons. The van der Waals surface area contributed by atoms with Crippen molar-refractivity contribution in [1.29, 1.82) is 5.26 Å². The molecule has 0 saturated heterocycles. The first-order valence-electron chi connectivity index (χ1n) is 10.8. The smallest absolute Gasteiger partial charge is 0.338 e. The summed E-state index contributed by atoms with van der Waals surface area (Å²) in [5.74, 6) is -0.371. The van der Waals surface area contributed by atoms with Gasteiger partial charge in [0, 0.05) is 11.4 Å². The Morgan fingerprint density at radius 1 is 1.30 bits per heavy atom. The van der Waals surface area contributed by atoms with Gasteiger partial charge in [-0.1, -0.05) is 37.6 Å². The molecule has 33 heavy (non-hydrogen) atoms. The number of thioether (sulfide) groups is 1. The number of allylic oxidation sites excluding steroid dienone is 4. The Bertz CT molecular complexity index is 930. The van der Waals surface area contributed by atoms with Crippen molar-refractivity contribution < 1.29 is 14.3 Å². The molecule has 1 aromatic carbocycles. The van der Waals surface area contributed by atoms with Crippen LogP contribution in [0.2, 0.25) is 0 Å². The number of ether oxygens (including phenoxy) is 1. The van der Waals surface area contributed by atoms with Gasteiger partial charge in [-0.05, 0) is 56.6 Å². The van der Waals surface area contributed by atoms with E-state index in [4.69, 9.17) is 10.00 Å². The summed E-state index contributed by atoms with van der Waals surface area (Å²) in [6.45, 7) is 8.70. The van der Waals surface area contributed by atoms with Crippen molar-refractivity contribution in [3.05, 3.63) is 47.6 Å². The van der Waals surface area contributed by atoms with Gasteiger partial charge in [0.15, 0.2) is 0 Å². The van der Waals surface area contributed by atoms with Gasteiger partial charge in [0.1, 0.15) is 0 Å². The first kappa shape index (κ1) is 28.0. The quantitative estimate of drug-likeness (QED) is 0.133. The zero-order valence-corrected chi connectivity index (χ0v) is 20.9. The standard InChI is InChI=1S/C25H34N4O3S/c1-6-32-23(30)20-11-12-21(22(16-20)33-5)28-18-29-24(31)27-17-25(3,4)14-9-7-8-10-19(2)13-15-26/h7,9-12,16,18H,6,8,13-14,17H2,1-5H3,(H2,27,28,29,31)/b9-7?,19-10+. The summed E-state index contributed by atoms with van der Waals surface area (Å²) in [6, 6.07) is 6.91. The van der Waals surface area contributed by atoms with E-state index in [2.05, 4.69) is 47.7 Å². The lowest BCUT2D eigenvalue weighted by Gasteiger charge is -2.23. The Kier molecular flexibility index (Phi) is 12.6. The second kappa shape index (κ2) is 14.9. The third-order valence-corrected chi connectivity index (χ3v) is 5.38. The predicted molar refractivity (Wildman–Crippen MR) is 135 cm³/mol. The number of esters is 1. The molecule has 0 aliphatic rings. The molecule has 2 N–H and O–H groups in total. The van der Waals surface area contributed by atoms with Gasteiger partial charge in [0.2, 0.25) is 0 Å². The van der Waals surface area contributed by atoms with Crippen molar-refractivity contribution >= 4 is 35.8 Å². The largest absolute Gasteiger partial charge is 0.462 e. The molecule has 1 rings (SSSR count). The Morgan fingerprint density at radius 2 is 2.06 bits per heavy atom. The lowest BCUT2D eigenvalue weighted by molar-refractivity contribution is 0.0526. The average molecular weight is 471 g/mol. The van der Waals surface area contributed by atoms with Crippen molar-refractivity contribution in [1.82, 2.24) is 10.6 Å². The number of aliphatic imine (C=N–C) groups is 1. The summed E-state index contributed by atoms with van der Waals surface area (Å²) in [6.07, 6.45) is 11.5. The van der Waals surface area contributed by atoms with E-state index in [9.17, 15) is 9.59 Å². The Labute approximate surface area is 201 Å². The molecule has 0 unspecified atom stereocenters. The summed E-state index contributed by atoms with van der Waals surface area (Å²) in [5.41, 5.74) is 2.09. The molecule has 0 heterocycles. The second-order valence-electron chi connectivity index (χ2n) is 8.15. The summed E-state index contributed by atoms with van der Waals surface area (Å²) in [5, 5.41) is 14.1. The normalized spacial score (nSPS) is 12.1. The third kappa shape index (κ3) is 11.4. The minimum Gasteiger partial charge on any atom is -0.462 e. The van der Waals surface area contributed by atoms with Crippen LogP contribution in [0.4, 0.5) is 10.5 Å². The molecule has 0 aliphatic carbocycles. The minimum absolute atomic E-state index is 0.106. The number of amides is 2. The average Bonchev–Trinajstić information content (AvgIpc) is 2.78. The van der Waals surface area contributed by atoms with Crippen LogP contribution in [-0.4, -0.2) is 37.7 Å². The van der Waals surface area contributed by atoms with Gasteiger partial charge in [0.25, 0.3) is 0 Å². The first-order valence-corrected chi connectivity index (χ1v) is 12.0. The van der Waals surface area contributed by atoms with Crippen LogP contribution in [0.15, 0.2) is 51.9 Å². The second-order valence-corrected chi connectivity index (χ2v) is 9.00. The number of carbonyl (C=O) groups is 2. The molecule has 0 spiro atoms. The van der Waals surface area contributed by atoms with Crippen molar-refractivity contribution in [3.8, 4) is 6.07 Å². The predicted octanol–water partition coefficient (Wildman–Crippen LogP) is 5.77. The van der Waals surface area contributed by atoms with E-state index in [-0.39, 0.29) is 17.4 Å². The van der Waals surface area contributed by atoms with Gasteiger partial charge in [-0.2, -0.15) is 5.26 Å². The highest BCUT2D eigenvalue weighted by molar-refractivity contribution is 7.98. The molecule has 1 aromatic rings. The van der Waals surface area contributed by atoms with Gasteiger partial charge in [-0.3, -0.25) is 5.32 Å². The maximum absolute atomic E-state index is 12.1. The van der Waals surface area contributed by atoms with Crippen molar-refractivity contribution in [2.24, 2.45) is 10.4 Å². The van der Waals surface area contributed by atoms with E-state index < -0.39 is 0 Å². The lowest BCUT2D eigenvalue weighted by atomic mass is 9.89. The fourth-order valence-electron chi connectivity index (χ4n) is 2.69. The zero-order valence-electron chi connectivity index (χ0n) is 20.1. The first-order chi connectivity index (χ1) is 15.7. The highest BCUT2D eigenvalue weighted by Crippen LogP contribution is 2.29. The fourth-order valence-corrected chi connectivity index (χ4v) is 3.27. The molecule has 2 amide bonds. The number of carbonyl (C=O) groups excluding carboxylic acids is 2. The molecule has 0 bridgehead atoms. The van der Waals surface area contributed by atoms with Crippen LogP contribution in [0.25, 0.3) is 0 Å². The molecule has 0 radical (unpaired) electrons. The maximum Gasteiger partial charge on any atom is 0.338 e. The highest BCUT2D eigenvalue weighted by atomic mass is 32.2. The van der Waals surface area contributed by atoms with Crippen LogP contribution >= 0.6 is 11.8 Å². The van der Waals surface area contributed by atoms with E-state index in [1.807, 2.05) is 19.3 Å². The van der Waals surface area contributed by atoms with Crippen LogP contribution < -0.4 is 10.6 Å². The van der Waals surface area contributed by atoms with E-state index in [1.54, 1.807) is 25.1 Å². The summed E-state index contributed by atoms with van der Waals surface area (Å²) < 4.78 is 5.02.